The summed E-state index contributed by atoms with van der Waals surface area (Å²) >= 11 is 0. The van der Waals surface area contributed by atoms with Crippen LogP contribution in [0, 0.1) is 34.5 Å². The molecule has 11 heteroatoms. The fourth-order valence-corrected chi connectivity index (χ4v) is 12.2. The molecule has 1 saturated heterocycles. The summed E-state index contributed by atoms with van der Waals surface area (Å²) < 4.78 is 31.2. The third kappa shape index (κ3) is 3.72. The van der Waals surface area contributed by atoms with Crippen LogP contribution in [-0.2, 0) is 28.5 Å². The van der Waals surface area contributed by atoms with Gasteiger partial charge in [-0.25, -0.2) is 4.79 Å². The van der Waals surface area contributed by atoms with Crippen molar-refractivity contribution in [2.24, 2.45) is 34.5 Å². The molecular formula is C34H48N2O9. The number of likely N-dealkylation sites (N-methyl/N-ethyl adjacent to an activating group) is 1. The highest BCUT2D eigenvalue weighted by atomic mass is 16.5. The Kier molecular flexibility index (Phi) is 7.48. The minimum Gasteiger partial charge on any atom is -0.461 e. The zero-order valence-electron chi connectivity index (χ0n) is 27.2. The smallest absolute Gasteiger partial charge is 0.340 e. The van der Waals surface area contributed by atoms with Gasteiger partial charge in [-0.05, 0) is 43.9 Å². The Hall–Kier alpha value is -2.12. The number of likely N-dealkylation sites (tertiary alicyclic amines) is 1. The first-order valence-electron chi connectivity index (χ1n) is 16.4. The number of ether oxygens (including phenoxy) is 5. The van der Waals surface area contributed by atoms with E-state index in [0.29, 0.717) is 31.6 Å². The number of hydrogen-bond acceptors (Lipinski definition) is 10. The molecule has 7 bridgehead atoms. The van der Waals surface area contributed by atoms with Gasteiger partial charge in [-0.1, -0.05) is 19.1 Å². The largest absolute Gasteiger partial charge is 0.461 e. The van der Waals surface area contributed by atoms with Gasteiger partial charge in [-0.3, -0.25) is 9.69 Å². The average molecular weight is 629 g/mol. The molecule has 1 heterocycles. The van der Waals surface area contributed by atoms with Crippen LogP contribution in [0.5, 0.6) is 0 Å². The summed E-state index contributed by atoms with van der Waals surface area (Å²) in [6.07, 6.45) is 0.993. The Morgan fingerprint density at radius 3 is 2.47 bits per heavy atom. The van der Waals surface area contributed by atoms with Crippen LogP contribution in [0.25, 0.3) is 0 Å². The molecule has 13 atom stereocenters. The number of anilines is 1. The number of aliphatic hydroxyl groups is 2. The molecule has 3 N–H and O–H groups in total. The van der Waals surface area contributed by atoms with Crippen molar-refractivity contribution >= 4 is 17.6 Å². The summed E-state index contributed by atoms with van der Waals surface area (Å²) in [6.45, 7) is 4.81. The lowest BCUT2D eigenvalue weighted by molar-refractivity contribution is -0.320. The van der Waals surface area contributed by atoms with E-state index in [1.54, 1.807) is 52.7 Å². The van der Waals surface area contributed by atoms with Gasteiger partial charge in [0.15, 0.2) is 0 Å². The third-order valence-electron chi connectivity index (χ3n) is 13.3. The molecule has 1 aliphatic heterocycles. The molecule has 45 heavy (non-hydrogen) atoms. The molecule has 1 amide bonds. The molecule has 0 unspecified atom stereocenters. The molecule has 248 valence electrons. The fourth-order valence-electron chi connectivity index (χ4n) is 12.2. The van der Waals surface area contributed by atoms with Crippen molar-refractivity contribution in [3.8, 4) is 0 Å². The van der Waals surface area contributed by atoms with Crippen LogP contribution in [0.1, 0.15) is 49.9 Å². The Bertz CT molecular complexity index is 1360. The van der Waals surface area contributed by atoms with E-state index in [1.807, 2.05) is 0 Å². The second-order valence-electron chi connectivity index (χ2n) is 14.5. The van der Waals surface area contributed by atoms with Crippen molar-refractivity contribution in [3.63, 3.8) is 0 Å². The maximum Gasteiger partial charge on any atom is 0.340 e. The Morgan fingerprint density at radius 1 is 1.07 bits per heavy atom. The SMILES string of the molecule is CCN1C[C@@]2(COC(=O)c3ccccc3NC(C)=O)CC[C@H](OC)[C@@]34[C@@H]5C[C@H]6[C@H](OC)[C@@H]5[C@](O)(C[C@@H]6OC)[C@@](O)([C@H]13)[C@@H](OC)[C@H]24. The van der Waals surface area contributed by atoms with Gasteiger partial charge in [-0.15, -0.1) is 0 Å². The van der Waals surface area contributed by atoms with E-state index in [1.165, 1.54) is 6.92 Å². The van der Waals surface area contributed by atoms with Crippen molar-refractivity contribution in [2.45, 2.75) is 81.2 Å². The van der Waals surface area contributed by atoms with Gasteiger partial charge in [0.05, 0.1) is 48.3 Å². The Labute approximate surface area is 264 Å². The number of rotatable bonds is 9. The highest BCUT2D eigenvalue weighted by Gasteiger charge is 2.91. The standard InChI is InChI=1S/C34H48N2O9/c1-7-36-16-31(17-45-29(38)19-10-8-9-11-22(19)35-18(2)37)13-12-24(42-4)33-21-14-20-23(41-3)15-32(39,25(21)26(20)43-5)34(40,30(33)36)28(44-6)27(31)33/h8-11,20-21,23-28,30,39-40H,7,12-17H2,1-6H3,(H,35,37)/t20-,21-,23+,24+,25-,26+,27-,28+,30-,31-,32-,33-,34+/m1/s1. The number of esters is 1. The number of amides is 1. The molecule has 1 aromatic carbocycles. The number of nitrogens with zero attached hydrogens (tertiary/aromatic N) is 1. The molecule has 1 aromatic rings. The summed E-state index contributed by atoms with van der Waals surface area (Å²) in [6, 6.07) is 6.41. The molecule has 6 aliphatic rings. The quantitative estimate of drug-likeness (QED) is 0.349. The van der Waals surface area contributed by atoms with Crippen molar-refractivity contribution in [1.82, 2.24) is 4.90 Å². The number of carbonyl (C=O) groups excluding carboxylic acids is 2. The van der Waals surface area contributed by atoms with Gasteiger partial charge < -0.3 is 39.2 Å². The highest BCUT2D eigenvalue weighted by Crippen LogP contribution is 2.80. The van der Waals surface area contributed by atoms with Gasteiger partial charge in [0.2, 0.25) is 5.91 Å². The van der Waals surface area contributed by atoms with Crippen molar-refractivity contribution in [2.75, 3.05) is 53.5 Å². The van der Waals surface area contributed by atoms with E-state index in [9.17, 15) is 19.8 Å². The first-order valence-corrected chi connectivity index (χ1v) is 16.4. The van der Waals surface area contributed by atoms with Gasteiger partial charge >= 0.3 is 5.97 Å². The number of piperidine rings is 1. The zero-order chi connectivity index (χ0) is 32.1. The van der Waals surface area contributed by atoms with Gasteiger partial charge in [0.1, 0.15) is 11.2 Å². The van der Waals surface area contributed by atoms with Crippen molar-refractivity contribution in [1.29, 1.82) is 0 Å². The molecule has 1 spiro atoms. The summed E-state index contributed by atoms with van der Waals surface area (Å²) in [7, 11) is 6.75. The van der Waals surface area contributed by atoms with Crippen LogP contribution in [0.15, 0.2) is 24.3 Å². The minimum absolute atomic E-state index is 0.0387. The Morgan fingerprint density at radius 2 is 1.82 bits per heavy atom. The molecule has 0 aromatic heterocycles. The average Bonchev–Trinajstić information content (AvgIpc) is 3.45. The summed E-state index contributed by atoms with van der Waals surface area (Å²) in [4.78, 5) is 27.9. The fraction of sp³-hybridized carbons (Fsp3) is 0.765. The number of carbonyl (C=O) groups is 2. The maximum absolute atomic E-state index is 13.7. The Balaban J connectivity index is 1.37. The van der Waals surface area contributed by atoms with Gasteiger partial charge in [-0.2, -0.15) is 0 Å². The summed E-state index contributed by atoms with van der Waals surface area (Å²) in [5.74, 6) is -1.36. The predicted molar refractivity (Wildman–Crippen MR) is 162 cm³/mol. The van der Waals surface area contributed by atoms with Crippen LogP contribution in [0.2, 0.25) is 0 Å². The summed E-state index contributed by atoms with van der Waals surface area (Å²) in [5.41, 5.74) is -3.68. The number of para-hydroxylation sites is 1. The topological polar surface area (TPSA) is 136 Å². The van der Waals surface area contributed by atoms with E-state index in [4.69, 9.17) is 23.7 Å². The number of hydrogen-bond donors (Lipinski definition) is 3. The van der Waals surface area contributed by atoms with Crippen LogP contribution >= 0.6 is 0 Å². The molecule has 5 saturated carbocycles. The number of methoxy groups -OCH3 is 4. The maximum atomic E-state index is 13.7. The van der Waals surface area contributed by atoms with Crippen LogP contribution in [0.4, 0.5) is 5.69 Å². The summed E-state index contributed by atoms with van der Waals surface area (Å²) in [5, 5.41) is 29.2. The lowest BCUT2D eigenvalue weighted by Crippen LogP contribution is -2.82. The van der Waals surface area contributed by atoms with E-state index in [0.717, 1.165) is 12.8 Å². The van der Waals surface area contributed by atoms with Crippen molar-refractivity contribution in [3.05, 3.63) is 29.8 Å². The lowest BCUT2D eigenvalue weighted by atomic mass is 9.42. The minimum atomic E-state index is -1.66. The van der Waals surface area contributed by atoms with Crippen LogP contribution in [0.3, 0.4) is 0 Å². The second-order valence-corrected chi connectivity index (χ2v) is 14.5. The number of fused-ring (bicyclic) bond motifs is 2. The third-order valence-corrected chi connectivity index (χ3v) is 13.3. The zero-order valence-corrected chi connectivity index (χ0v) is 27.2. The molecular weight excluding hydrogens is 580 g/mol. The lowest BCUT2D eigenvalue weighted by Gasteiger charge is -2.70. The normalized spacial score (nSPS) is 47.4. The molecule has 0 radical (unpaired) electrons. The van der Waals surface area contributed by atoms with E-state index >= 15 is 0 Å². The number of nitrogens with one attached hydrogen (secondary N) is 1. The first kappa shape index (κ1) is 31.5. The second kappa shape index (κ2) is 10.7. The van der Waals surface area contributed by atoms with Crippen LogP contribution in [-0.4, -0.2) is 117 Å². The van der Waals surface area contributed by atoms with E-state index < -0.39 is 40.1 Å². The van der Waals surface area contributed by atoms with Crippen molar-refractivity contribution < 1.29 is 43.5 Å². The van der Waals surface area contributed by atoms with Gasteiger partial charge in [0, 0.05) is 76.9 Å². The van der Waals surface area contributed by atoms with E-state index in [2.05, 4.69) is 17.1 Å². The van der Waals surface area contributed by atoms with Crippen LogP contribution < -0.4 is 5.32 Å². The van der Waals surface area contributed by atoms with Gasteiger partial charge in [0.25, 0.3) is 0 Å². The molecule has 5 aliphatic carbocycles. The van der Waals surface area contributed by atoms with E-state index in [-0.39, 0.29) is 60.1 Å². The molecule has 11 nitrogen and oxygen atoms in total. The number of benzene rings is 1. The highest BCUT2D eigenvalue weighted by molar-refractivity contribution is 6.00. The molecule has 6 fully saturated rings. The monoisotopic (exact) mass is 628 g/mol. The molecule has 7 rings (SSSR count). The first-order chi connectivity index (χ1) is 21.5. The predicted octanol–water partition coefficient (Wildman–Crippen LogP) is 2.09.